The van der Waals surface area contributed by atoms with Crippen molar-refractivity contribution >= 4 is 41.3 Å². The Hall–Kier alpha value is -2.94. The standard InChI is InChI=1S/C22H28BN6O2/c1-13(2)23-16-10-14(3)4-5-17(16)27-19-18-20(26-12-25-19)29-21(28-18)22(30)24-11-15-6-8-31-9-7-15/h4-5,10,12-13,15H,6-9,11H2,1-3H3,(H,24,30)(H2,25,26,27,28,29). The van der Waals surface area contributed by atoms with E-state index in [1.165, 1.54) is 11.9 Å². The van der Waals surface area contributed by atoms with Crippen molar-refractivity contribution in [1.82, 2.24) is 25.3 Å². The Morgan fingerprint density at radius 3 is 2.87 bits per heavy atom. The maximum Gasteiger partial charge on any atom is 0.287 e. The van der Waals surface area contributed by atoms with Crippen LogP contribution in [0, 0.1) is 12.8 Å². The average Bonchev–Trinajstić information content (AvgIpc) is 3.20. The van der Waals surface area contributed by atoms with Crippen molar-refractivity contribution < 1.29 is 9.53 Å². The van der Waals surface area contributed by atoms with E-state index in [0.717, 1.165) is 37.2 Å². The van der Waals surface area contributed by atoms with E-state index in [1.54, 1.807) is 0 Å². The van der Waals surface area contributed by atoms with Gasteiger partial charge in [0.05, 0.1) is 0 Å². The minimum atomic E-state index is -0.236. The van der Waals surface area contributed by atoms with E-state index in [2.05, 4.69) is 70.8 Å². The van der Waals surface area contributed by atoms with E-state index >= 15 is 0 Å². The number of ether oxygens (including phenoxy) is 1. The molecular formula is C22H28BN6O2. The third-order valence-corrected chi connectivity index (χ3v) is 5.37. The van der Waals surface area contributed by atoms with E-state index in [4.69, 9.17) is 4.74 Å². The molecule has 31 heavy (non-hydrogen) atoms. The van der Waals surface area contributed by atoms with Gasteiger partial charge in [-0.3, -0.25) is 4.79 Å². The zero-order chi connectivity index (χ0) is 21.8. The molecule has 1 fully saturated rings. The molecule has 9 heteroatoms. The lowest BCUT2D eigenvalue weighted by Crippen LogP contribution is -2.32. The summed E-state index contributed by atoms with van der Waals surface area (Å²) in [5.41, 5.74) is 4.30. The minimum absolute atomic E-state index is 0.236. The van der Waals surface area contributed by atoms with Gasteiger partial charge in [-0.2, -0.15) is 0 Å². The van der Waals surface area contributed by atoms with Crippen LogP contribution in [0.1, 0.15) is 42.9 Å². The normalized spacial score (nSPS) is 14.7. The molecule has 3 N–H and O–H groups in total. The molecule has 8 nitrogen and oxygen atoms in total. The number of nitrogens with zero attached hydrogens (tertiary/aromatic N) is 3. The second-order valence-corrected chi connectivity index (χ2v) is 8.40. The summed E-state index contributed by atoms with van der Waals surface area (Å²) in [7, 11) is 2.20. The van der Waals surface area contributed by atoms with Crippen LogP contribution >= 0.6 is 0 Å². The van der Waals surface area contributed by atoms with Gasteiger partial charge in [-0.05, 0) is 31.7 Å². The number of carbonyl (C=O) groups is 1. The zero-order valence-corrected chi connectivity index (χ0v) is 18.2. The molecule has 0 unspecified atom stereocenters. The van der Waals surface area contributed by atoms with Crippen molar-refractivity contribution in [1.29, 1.82) is 0 Å². The van der Waals surface area contributed by atoms with Crippen LogP contribution in [0.15, 0.2) is 24.5 Å². The second kappa shape index (κ2) is 9.47. The Kier molecular flexibility index (Phi) is 6.51. The van der Waals surface area contributed by atoms with E-state index in [0.29, 0.717) is 35.3 Å². The Labute approximate surface area is 182 Å². The Balaban J connectivity index is 1.53. The Bertz CT molecular complexity index is 1060. The lowest BCUT2D eigenvalue weighted by atomic mass is 9.60. The molecular weight excluding hydrogens is 391 g/mol. The number of aromatic nitrogens is 4. The van der Waals surface area contributed by atoms with Gasteiger partial charge in [-0.25, -0.2) is 15.0 Å². The third-order valence-electron chi connectivity index (χ3n) is 5.37. The molecule has 0 bridgehead atoms. The molecule has 161 valence electrons. The number of hydrogen-bond donors (Lipinski definition) is 3. The molecule has 0 saturated carbocycles. The predicted octanol–water partition coefficient (Wildman–Crippen LogP) is 2.72. The van der Waals surface area contributed by atoms with Gasteiger partial charge in [-0.15, -0.1) is 0 Å². The van der Waals surface area contributed by atoms with Gasteiger partial charge in [0, 0.05) is 25.4 Å². The summed E-state index contributed by atoms with van der Waals surface area (Å²) in [4.78, 5) is 28.7. The van der Waals surface area contributed by atoms with Gasteiger partial charge in [0.2, 0.25) is 0 Å². The molecule has 3 aromatic rings. The number of hydrogen-bond acceptors (Lipinski definition) is 6. The highest BCUT2D eigenvalue weighted by atomic mass is 16.5. The monoisotopic (exact) mass is 419 g/mol. The molecule has 3 heterocycles. The predicted molar refractivity (Wildman–Crippen MR) is 123 cm³/mol. The lowest BCUT2D eigenvalue weighted by molar-refractivity contribution is 0.0641. The Morgan fingerprint density at radius 2 is 2.10 bits per heavy atom. The van der Waals surface area contributed by atoms with Crippen molar-refractivity contribution in [2.24, 2.45) is 5.92 Å². The van der Waals surface area contributed by atoms with E-state index in [1.807, 2.05) is 6.07 Å². The lowest BCUT2D eigenvalue weighted by Gasteiger charge is -2.21. The number of nitrogens with one attached hydrogen (secondary N) is 3. The minimum Gasteiger partial charge on any atom is -0.381 e. The molecule has 1 amide bonds. The first-order valence-corrected chi connectivity index (χ1v) is 10.8. The first-order valence-electron chi connectivity index (χ1n) is 10.8. The van der Waals surface area contributed by atoms with Crippen LogP contribution in [0.4, 0.5) is 11.5 Å². The summed E-state index contributed by atoms with van der Waals surface area (Å²) in [6.45, 7) is 8.50. The zero-order valence-electron chi connectivity index (χ0n) is 18.2. The first-order chi connectivity index (χ1) is 15.0. The smallest absolute Gasteiger partial charge is 0.287 e. The number of aromatic amines is 1. The molecule has 0 aliphatic carbocycles. The number of amides is 1. The number of aryl methyl sites for hydroxylation is 1. The number of H-pyrrole nitrogens is 1. The topological polar surface area (TPSA) is 105 Å². The highest BCUT2D eigenvalue weighted by Gasteiger charge is 2.19. The van der Waals surface area contributed by atoms with Gasteiger partial charge in [0.25, 0.3) is 5.91 Å². The summed E-state index contributed by atoms with van der Waals surface area (Å²) < 4.78 is 5.37. The van der Waals surface area contributed by atoms with Gasteiger partial charge >= 0.3 is 0 Å². The molecule has 0 spiro atoms. The van der Waals surface area contributed by atoms with Gasteiger partial charge in [-0.1, -0.05) is 42.8 Å². The maximum absolute atomic E-state index is 12.6. The van der Waals surface area contributed by atoms with Gasteiger partial charge in [0.1, 0.15) is 11.8 Å². The number of rotatable bonds is 7. The number of carbonyl (C=O) groups excluding carboxylic acids is 1. The number of anilines is 2. The summed E-state index contributed by atoms with van der Waals surface area (Å²) in [5, 5.41) is 6.36. The van der Waals surface area contributed by atoms with Crippen LogP contribution < -0.4 is 16.1 Å². The van der Waals surface area contributed by atoms with E-state index in [9.17, 15) is 4.79 Å². The highest BCUT2D eigenvalue weighted by Crippen LogP contribution is 2.21. The summed E-state index contributed by atoms with van der Waals surface area (Å²) in [5.74, 6) is 1.44. The van der Waals surface area contributed by atoms with Crippen molar-refractivity contribution in [3.05, 3.63) is 35.9 Å². The molecule has 1 radical (unpaired) electrons. The fourth-order valence-electron chi connectivity index (χ4n) is 3.72. The van der Waals surface area contributed by atoms with Gasteiger partial charge in [0.15, 0.2) is 24.6 Å². The van der Waals surface area contributed by atoms with Crippen molar-refractivity contribution in [3.8, 4) is 0 Å². The summed E-state index contributed by atoms with van der Waals surface area (Å²) in [6.07, 6.45) is 3.38. The Morgan fingerprint density at radius 1 is 1.29 bits per heavy atom. The van der Waals surface area contributed by atoms with Crippen LogP contribution in [-0.4, -0.2) is 52.9 Å². The van der Waals surface area contributed by atoms with Gasteiger partial charge < -0.3 is 20.4 Å². The third kappa shape index (κ3) is 5.22. The molecule has 1 aliphatic rings. The quantitative estimate of drug-likeness (QED) is 0.509. The number of benzene rings is 1. The fourth-order valence-corrected chi connectivity index (χ4v) is 3.72. The summed E-state index contributed by atoms with van der Waals surface area (Å²) in [6, 6.07) is 6.23. The van der Waals surface area contributed by atoms with Crippen molar-refractivity contribution in [3.63, 3.8) is 0 Å². The maximum atomic E-state index is 12.6. The van der Waals surface area contributed by atoms with Crippen LogP contribution in [-0.2, 0) is 4.74 Å². The van der Waals surface area contributed by atoms with Crippen molar-refractivity contribution in [2.45, 2.75) is 39.4 Å². The fraction of sp³-hybridized carbons (Fsp3) is 0.455. The van der Waals surface area contributed by atoms with Crippen LogP contribution in [0.3, 0.4) is 0 Å². The molecule has 0 atom stereocenters. The average molecular weight is 419 g/mol. The number of imidazole rings is 1. The van der Waals surface area contributed by atoms with Crippen LogP contribution in [0.25, 0.3) is 11.2 Å². The van der Waals surface area contributed by atoms with Crippen LogP contribution in [0.5, 0.6) is 0 Å². The van der Waals surface area contributed by atoms with Crippen molar-refractivity contribution in [2.75, 3.05) is 25.1 Å². The molecule has 2 aromatic heterocycles. The molecule has 4 rings (SSSR count). The SMILES string of the molecule is Cc1ccc(Nc2ncnc3nc(C(=O)NCC4CCOCC4)[nH]c23)c([B]C(C)C)c1. The second-order valence-electron chi connectivity index (χ2n) is 8.40. The molecule has 1 aromatic carbocycles. The summed E-state index contributed by atoms with van der Waals surface area (Å²) >= 11 is 0. The van der Waals surface area contributed by atoms with E-state index < -0.39 is 0 Å². The van der Waals surface area contributed by atoms with Crippen LogP contribution in [0.2, 0.25) is 5.82 Å². The largest absolute Gasteiger partial charge is 0.381 e. The van der Waals surface area contributed by atoms with E-state index in [-0.39, 0.29) is 11.7 Å². The molecule has 1 aliphatic heterocycles. The first kappa shape index (κ1) is 21.3. The highest BCUT2D eigenvalue weighted by molar-refractivity contribution is 6.57. The number of fused-ring (bicyclic) bond motifs is 1. The molecule has 1 saturated heterocycles.